The molecule has 0 bridgehead atoms. The van der Waals surface area contributed by atoms with E-state index in [0.29, 0.717) is 19.7 Å². The van der Waals surface area contributed by atoms with Gasteiger partial charge in [-0.25, -0.2) is 4.79 Å². The van der Waals surface area contributed by atoms with Crippen molar-refractivity contribution in [1.29, 1.82) is 0 Å². The summed E-state index contributed by atoms with van der Waals surface area (Å²) in [7, 11) is 0. The van der Waals surface area contributed by atoms with Gasteiger partial charge in [0.1, 0.15) is 0 Å². The molecule has 0 aliphatic rings. The van der Waals surface area contributed by atoms with Gasteiger partial charge in [-0.1, -0.05) is 90.4 Å². The lowest BCUT2D eigenvalue weighted by atomic mass is 10.0. The molecule has 0 aromatic heterocycles. The molecule has 0 fully saturated rings. The first-order valence-electron chi connectivity index (χ1n) is 9.92. The van der Waals surface area contributed by atoms with E-state index in [4.69, 9.17) is 10.5 Å². The van der Waals surface area contributed by atoms with Gasteiger partial charge in [-0.15, -0.1) is 0 Å². The van der Waals surface area contributed by atoms with Crippen molar-refractivity contribution in [3.63, 3.8) is 0 Å². The van der Waals surface area contributed by atoms with E-state index < -0.39 is 0 Å². The Kier molecular flexibility index (Phi) is 18.6. The standard InChI is InChI=1S/C19H40N2O2/c1-2-3-4-5-6-7-8-9-10-11-12-13-14-15-18-23-19(22)21-17-16-20/h2-18,20H2,1H3,(H,21,22). The van der Waals surface area contributed by atoms with Crippen LogP contribution in [0.2, 0.25) is 0 Å². The van der Waals surface area contributed by atoms with Gasteiger partial charge in [0.2, 0.25) is 0 Å². The quantitative estimate of drug-likeness (QED) is 0.363. The first kappa shape index (κ1) is 22.2. The van der Waals surface area contributed by atoms with Gasteiger partial charge in [0.05, 0.1) is 6.61 Å². The zero-order valence-corrected chi connectivity index (χ0v) is 15.4. The van der Waals surface area contributed by atoms with E-state index >= 15 is 0 Å². The van der Waals surface area contributed by atoms with Crippen LogP contribution in [0.4, 0.5) is 4.79 Å². The average molecular weight is 329 g/mol. The van der Waals surface area contributed by atoms with Crippen molar-refractivity contribution in [3.05, 3.63) is 0 Å². The van der Waals surface area contributed by atoms with Gasteiger partial charge in [-0.3, -0.25) is 0 Å². The monoisotopic (exact) mass is 328 g/mol. The topological polar surface area (TPSA) is 64.3 Å². The van der Waals surface area contributed by atoms with Crippen LogP contribution in [-0.4, -0.2) is 25.8 Å². The van der Waals surface area contributed by atoms with Crippen molar-refractivity contribution in [2.24, 2.45) is 5.73 Å². The Morgan fingerprint density at radius 2 is 1.22 bits per heavy atom. The van der Waals surface area contributed by atoms with Gasteiger partial charge in [0, 0.05) is 13.1 Å². The maximum absolute atomic E-state index is 11.1. The molecule has 4 nitrogen and oxygen atoms in total. The smallest absolute Gasteiger partial charge is 0.407 e. The molecule has 1 amide bonds. The van der Waals surface area contributed by atoms with Gasteiger partial charge < -0.3 is 15.8 Å². The zero-order chi connectivity index (χ0) is 17.0. The highest BCUT2D eigenvalue weighted by atomic mass is 16.5. The normalized spacial score (nSPS) is 10.7. The number of unbranched alkanes of at least 4 members (excludes halogenated alkanes) is 13. The predicted molar refractivity (Wildman–Crippen MR) is 98.7 cm³/mol. The molecule has 0 aromatic carbocycles. The number of amides is 1. The van der Waals surface area contributed by atoms with Gasteiger partial charge in [0.15, 0.2) is 0 Å². The van der Waals surface area contributed by atoms with Crippen LogP contribution in [0.1, 0.15) is 96.8 Å². The van der Waals surface area contributed by atoms with E-state index in [2.05, 4.69) is 12.2 Å². The average Bonchev–Trinajstić information content (AvgIpc) is 2.56. The molecule has 0 unspecified atom stereocenters. The second-order valence-corrected chi connectivity index (χ2v) is 6.45. The van der Waals surface area contributed by atoms with Crippen molar-refractivity contribution in [3.8, 4) is 0 Å². The first-order chi connectivity index (χ1) is 11.3. The van der Waals surface area contributed by atoms with Crippen molar-refractivity contribution in [1.82, 2.24) is 5.32 Å². The largest absolute Gasteiger partial charge is 0.450 e. The minimum atomic E-state index is -0.342. The summed E-state index contributed by atoms with van der Waals surface area (Å²) in [5.74, 6) is 0. The highest BCUT2D eigenvalue weighted by molar-refractivity contribution is 5.66. The van der Waals surface area contributed by atoms with E-state index in [1.54, 1.807) is 0 Å². The Hall–Kier alpha value is -0.770. The van der Waals surface area contributed by atoms with Crippen LogP contribution in [0, 0.1) is 0 Å². The van der Waals surface area contributed by atoms with Crippen LogP contribution < -0.4 is 11.1 Å². The van der Waals surface area contributed by atoms with Gasteiger partial charge in [-0.05, 0) is 6.42 Å². The second-order valence-electron chi connectivity index (χ2n) is 6.45. The SMILES string of the molecule is CCCCCCCCCCCCCCCCOC(=O)NCCN. The van der Waals surface area contributed by atoms with E-state index in [1.165, 1.54) is 77.0 Å². The first-order valence-corrected chi connectivity index (χ1v) is 9.92. The van der Waals surface area contributed by atoms with E-state index in [-0.39, 0.29) is 6.09 Å². The maximum Gasteiger partial charge on any atom is 0.407 e. The van der Waals surface area contributed by atoms with Crippen molar-refractivity contribution < 1.29 is 9.53 Å². The summed E-state index contributed by atoms with van der Waals surface area (Å²) in [5, 5.41) is 2.60. The van der Waals surface area contributed by atoms with Gasteiger partial charge in [-0.2, -0.15) is 0 Å². The molecular weight excluding hydrogens is 288 g/mol. The fourth-order valence-electron chi connectivity index (χ4n) is 2.69. The number of carbonyl (C=O) groups excluding carboxylic acids is 1. The van der Waals surface area contributed by atoms with Crippen LogP contribution in [0.5, 0.6) is 0 Å². The van der Waals surface area contributed by atoms with Crippen LogP contribution in [0.3, 0.4) is 0 Å². The van der Waals surface area contributed by atoms with E-state index in [9.17, 15) is 4.79 Å². The molecule has 0 radical (unpaired) electrons. The van der Waals surface area contributed by atoms with Gasteiger partial charge >= 0.3 is 6.09 Å². The number of rotatable bonds is 17. The summed E-state index contributed by atoms with van der Waals surface area (Å²) >= 11 is 0. The number of carbonyl (C=O) groups is 1. The Morgan fingerprint density at radius 1 is 0.783 bits per heavy atom. The zero-order valence-electron chi connectivity index (χ0n) is 15.4. The number of ether oxygens (including phenoxy) is 1. The summed E-state index contributed by atoms with van der Waals surface area (Å²) in [4.78, 5) is 11.1. The minimum absolute atomic E-state index is 0.342. The molecule has 0 spiro atoms. The molecule has 0 heterocycles. The number of nitrogens with two attached hydrogens (primary N) is 1. The number of hydrogen-bond acceptors (Lipinski definition) is 3. The number of hydrogen-bond donors (Lipinski definition) is 2. The Balaban J connectivity index is 3.04. The lowest BCUT2D eigenvalue weighted by molar-refractivity contribution is 0.144. The second kappa shape index (κ2) is 19.3. The Bertz CT molecular complexity index is 248. The van der Waals surface area contributed by atoms with Crippen LogP contribution >= 0.6 is 0 Å². The van der Waals surface area contributed by atoms with Crippen molar-refractivity contribution >= 4 is 6.09 Å². The summed E-state index contributed by atoms with van der Waals surface area (Å²) < 4.78 is 5.05. The summed E-state index contributed by atoms with van der Waals surface area (Å²) in [6.07, 6.45) is 18.4. The third-order valence-electron chi connectivity index (χ3n) is 4.14. The summed E-state index contributed by atoms with van der Waals surface area (Å²) in [5.41, 5.74) is 5.29. The lowest BCUT2D eigenvalue weighted by Gasteiger charge is -2.06. The van der Waals surface area contributed by atoms with E-state index in [0.717, 1.165) is 12.8 Å². The summed E-state index contributed by atoms with van der Waals surface area (Å²) in [6.45, 7) is 3.73. The third-order valence-corrected chi connectivity index (χ3v) is 4.14. The molecular formula is C19H40N2O2. The molecule has 0 saturated carbocycles. The van der Waals surface area contributed by atoms with Crippen LogP contribution in [-0.2, 0) is 4.74 Å². The minimum Gasteiger partial charge on any atom is -0.450 e. The predicted octanol–water partition coefficient (Wildman–Crippen LogP) is 5.15. The molecule has 0 aliphatic carbocycles. The van der Waals surface area contributed by atoms with Gasteiger partial charge in [0.25, 0.3) is 0 Å². The van der Waals surface area contributed by atoms with E-state index in [1.807, 2.05) is 0 Å². The van der Waals surface area contributed by atoms with Crippen molar-refractivity contribution in [2.45, 2.75) is 96.8 Å². The highest BCUT2D eigenvalue weighted by Crippen LogP contribution is 2.12. The molecule has 0 atom stereocenters. The Labute approximate surface area is 143 Å². The fraction of sp³-hybridized carbons (Fsp3) is 0.947. The Morgan fingerprint density at radius 3 is 1.65 bits per heavy atom. The molecule has 23 heavy (non-hydrogen) atoms. The molecule has 0 aromatic rings. The molecule has 0 saturated heterocycles. The number of nitrogens with one attached hydrogen (secondary N) is 1. The van der Waals surface area contributed by atoms with Crippen LogP contribution in [0.15, 0.2) is 0 Å². The molecule has 3 N–H and O–H groups in total. The maximum atomic E-state index is 11.1. The fourth-order valence-corrected chi connectivity index (χ4v) is 2.69. The summed E-state index contributed by atoms with van der Waals surface area (Å²) in [6, 6.07) is 0. The van der Waals surface area contributed by atoms with Crippen LogP contribution in [0.25, 0.3) is 0 Å². The lowest BCUT2D eigenvalue weighted by Crippen LogP contribution is -2.29. The molecule has 138 valence electrons. The van der Waals surface area contributed by atoms with Crippen molar-refractivity contribution in [2.75, 3.05) is 19.7 Å². The molecule has 0 aliphatic heterocycles. The number of alkyl carbamates (subject to hydrolysis) is 1. The highest BCUT2D eigenvalue weighted by Gasteiger charge is 1.99. The molecule has 4 heteroatoms. The third kappa shape index (κ3) is 19.2. The molecule has 0 rings (SSSR count).